The van der Waals surface area contributed by atoms with Gasteiger partial charge in [-0.15, -0.1) is 0 Å². The minimum absolute atomic E-state index is 0.0908. The first kappa shape index (κ1) is 23.1. The van der Waals surface area contributed by atoms with Gasteiger partial charge in [0.15, 0.2) is 5.75 Å². The van der Waals surface area contributed by atoms with Gasteiger partial charge in [0, 0.05) is 12.6 Å². The van der Waals surface area contributed by atoms with Crippen molar-refractivity contribution < 1.29 is 14.3 Å². The first-order valence-electron chi connectivity index (χ1n) is 10.7. The normalized spacial score (nSPS) is 11.8. The van der Waals surface area contributed by atoms with Gasteiger partial charge in [0.1, 0.15) is 6.61 Å². The second kappa shape index (κ2) is 10.1. The van der Waals surface area contributed by atoms with Gasteiger partial charge in [-0.05, 0) is 36.5 Å². The zero-order chi connectivity index (χ0) is 23.3. The first-order valence-corrected chi connectivity index (χ1v) is 10.7. The Balaban J connectivity index is 2.05. The number of carbonyl (C=O) groups is 1. The molecule has 1 atom stereocenters. The maximum atomic E-state index is 12.9. The highest BCUT2D eigenvalue weighted by molar-refractivity contribution is 5.82. The molecule has 7 heteroatoms. The molecule has 168 valence electrons. The van der Waals surface area contributed by atoms with Crippen molar-refractivity contribution in [1.29, 1.82) is 0 Å². The maximum Gasteiger partial charge on any atom is 0.312 e. The summed E-state index contributed by atoms with van der Waals surface area (Å²) in [5.74, 6) is -0.607. The molecule has 0 aliphatic rings. The number of amides is 1. The molecule has 0 radical (unpaired) electrons. The van der Waals surface area contributed by atoms with Crippen LogP contribution in [-0.4, -0.2) is 15.7 Å². The lowest BCUT2D eigenvalue weighted by molar-refractivity contribution is -0.125. The van der Waals surface area contributed by atoms with Crippen LogP contribution in [0.4, 0.5) is 0 Å². The molecule has 1 amide bonds. The second-order valence-corrected chi connectivity index (χ2v) is 7.65. The van der Waals surface area contributed by atoms with Crippen LogP contribution in [0.3, 0.4) is 0 Å². The predicted molar refractivity (Wildman–Crippen MR) is 123 cm³/mol. The summed E-state index contributed by atoms with van der Waals surface area (Å²) in [6, 6.07) is 13.6. The molecule has 1 heterocycles. The van der Waals surface area contributed by atoms with E-state index in [1.807, 2.05) is 63.2 Å². The van der Waals surface area contributed by atoms with Gasteiger partial charge < -0.3 is 15.2 Å². The van der Waals surface area contributed by atoms with E-state index in [1.165, 1.54) is 13.2 Å². The van der Waals surface area contributed by atoms with Crippen molar-refractivity contribution in [3.63, 3.8) is 0 Å². The molecule has 32 heavy (non-hydrogen) atoms. The van der Waals surface area contributed by atoms with Crippen molar-refractivity contribution in [1.82, 2.24) is 9.78 Å². The predicted octanol–water partition coefficient (Wildman–Crippen LogP) is 3.40. The van der Waals surface area contributed by atoms with Gasteiger partial charge in [0.2, 0.25) is 11.9 Å². The van der Waals surface area contributed by atoms with Crippen molar-refractivity contribution >= 4 is 5.91 Å². The molecule has 0 aliphatic heterocycles. The summed E-state index contributed by atoms with van der Waals surface area (Å²) in [7, 11) is 1.51. The Labute approximate surface area is 187 Å². The Bertz CT molecular complexity index is 1130. The number of ether oxygens (including phenoxy) is 2. The Kier molecular flexibility index (Phi) is 7.30. The molecule has 0 spiro atoms. The summed E-state index contributed by atoms with van der Waals surface area (Å²) < 4.78 is 13.0. The molecule has 0 saturated carbocycles. The molecule has 1 aromatic heterocycles. The fraction of sp³-hybridized carbons (Fsp3) is 0.320. The summed E-state index contributed by atoms with van der Waals surface area (Å²) in [5.41, 5.74) is 9.92. The molecule has 7 nitrogen and oxygen atoms in total. The average molecular weight is 436 g/mol. The molecule has 3 aromatic rings. The molecular formula is C25H29N3O4. The van der Waals surface area contributed by atoms with Crippen LogP contribution in [-0.2, 0) is 31.3 Å². The van der Waals surface area contributed by atoms with E-state index < -0.39 is 17.6 Å². The number of benzene rings is 2. The minimum atomic E-state index is -1.13. The molecule has 0 saturated heterocycles. The number of nitrogens with zero attached hydrogens (tertiary/aromatic N) is 2. The molecule has 3 rings (SSSR count). The van der Waals surface area contributed by atoms with Crippen LogP contribution < -0.4 is 20.8 Å². The summed E-state index contributed by atoms with van der Waals surface area (Å²) in [6.45, 7) is 6.25. The minimum Gasteiger partial charge on any atom is -0.483 e. The molecule has 2 N–H and O–H groups in total. The fourth-order valence-corrected chi connectivity index (χ4v) is 3.70. The van der Waals surface area contributed by atoms with Crippen LogP contribution in [0.5, 0.6) is 11.5 Å². The summed E-state index contributed by atoms with van der Waals surface area (Å²) in [6.07, 6.45) is 1.68. The van der Waals surface area contributed by atoms with E-state index in [1.54, 1.807) is 0 Å². The monoisotopic (exact) mass is 435 g/mol. The number of carbonyl (C=O) groups excluding carboxylic acids is 1. The molecular weight excluding hydrogens is 406 g/mol. The highest BCUT2D eigenvalue weighted by Crippen LogP contribution is 2.32. The largest absolute Gasteiger partial charge is 0.483 e. The van der Waals surface area contributed by atoms with E-state index in [4.69, 9.17) is 15.2 Å². The van der Waals surface area contributed by atoms with Gasteiger partial charge in [-0.2, -0.15) is 5.10 Å². The Morgan fingerprint density at radius 1 is 1.12 bits per heavy atom. The fourth-order valence-electron chi connectivity index (χ4n) is 3.70. The van der Waals surface area contributed by atoms with E-state index in [0.717, 1.165) is 26.9 Å². The van der Waals surface area contributed by atoms with Crippen LogP contribution in [0.15, 0.2) is 53.5 Å². The summed E-state index contributed by atoms with van der Waals surface area (Å²) in [4.78, 5) is 25.4. The van der Waals surface area contributed by atoms with E-state index in [9.17, 15) is 9.59 Å². The van der Waals surface area contributed by atoms with Gasteiger partial charge in [0.25, 0.3) is 5.91 Å². The van der Waals surface area contributed by atoms with Gasteiger partial charge in [-0.1, -0.05) is 61.9 Å². The third-order valence-corrected chi connectivity index (χ3v) is 5.31. The van der Waals surface area contributed by atoms with Crippen molar-refractivity contribution in [3.05, 3.63) is 86.8 Å². The number of aryl methyl sites for hydroxylation is 4. The van der Waals surface area contributed by atoms with E-state index in [2.05, 4.69) is 5.10 Å². The average Bonchev–Trinajstić information content (AvgIpc) is 2.79. The van der Waals surface area contributed by atoms with Gasteiger partial charge >= 0.3 is 5.56 Å². The zero-order valence-electron chi connectivity index (χ0n) is 18.9. The number of hydrogen-bond acceptors (Lipinski definition) is 5. The highest BCUT2D eigenvalue weighted by Gasteiger charge is 2.28. The number of aromatic nitrogens is 2. The van der Waals surface area contributed by atoms with Gasteiger partial charge in [-0.25, -0.2) is 4.68 Å². The molecule has 2 aromatic carbocycles. The third-order valence-electron chi connectivity index (χ3n) is 5.31. The number of hydrogen-bond donors (Lipinski definition) is 1. The van der Waals surface area contributed by atoms with Crippen molar-refractivity contribution in [2.45, 2.75) is 46.3 Å². The Morgan fingerprint density at radius 3 is 2.31 bits per heavy atom. The molecule has 1 unspecified atom stereocenters. The van der Waals surface area contributed by atoms with Crippen LogP contribution in [0.25, 0.3) is 0 Å². The quantitative estimate of drug-likeness (QED) is 0.556. The van der Waals surface area contributed by atoms with E-state index in [0.29, 0.717) is 18.4 Å². The van der Waals surface area contributed by atoms with Crippen LogP contribution in [0, 0.1) is 6.92 Å². The lowest BCUT2D eigenvalue weighted by Gasteiger charge is -2.23. The molecule has 0 bridgehead atoms. The smallest absolute Gasteiger partial charge is 0.312 e. The zero-order valence-corrected chi connectivity index (χ0v) is 18.9. The number of rotatable bonds is 9. The van der Waals surface area contributed by atoms with Crippen molar-refractivity contribution in [2.75, 3.05) is 0 Å². The lowest BCUT2D eigenvalue weighted by Crippen LogP contribution is -2.31. The van der Waals surface area contributed by atoms with Crippen LogP contribution in [0.2, 0.25) is 0 Å². The SMILES string of the molecule is CCc1cc(C)cc(CC)c1C(Oc1c(OCc2ccccc2)cnn(C)c1=O)C(N)=O. The van der Waals surface area contributed by atoms with Crippen molar-refractivity contribution in [2.24, 2.45) is 12.8 Å². The van der Waals surface area contributed by atoms with Crippen molar-refractivity contribution in [3.8, 4) is 11.5 Å². The molecule has 0 aliphatic carbocycles. The first-order chi connectivity index (χ1) is 15.3. The number of nitrogens with two attached hydrogens (primary N) is 1. The highest BCUT2D eigenvalue weighted by atomic mass is 16.5. The Hall–Kier alpha value is -3.61. The van der Waals surface area contributed by atoms with Gasteiger partial charge in [-0.3, -0.25) is 9.59 Å². The topological polar surface area (TPSA) is 96.4 Å². The Morgan fingerprint density at radius 2 is 1.75 bits per heavy atom. The lowest BCUT2D eigenvalue weighted by atomic mass is 9.91. The van der Waals surface area contributed by atoms with E-state index in [-0.39, 0.29) is 18.1 Å². The standard InChI is InChI=1S/C25H29N3O4/c1-5-18-12-16(3)13-19(6-2)21(18)23(24(26)29)32-22-20(14-27-28(4)25(22)30)31-15-17-10-8-7-9-11-17/h7-14,23H,5-6,15H2,1-4H3,(H2,26,29). The maximum absolute atomic E-state index is 12.9. The summed E-state index contributed by atoms with van der Waals surface area (Å²) in [5, 5.41) is 4.04. The molecule has 0 fully saturated rings. The third kappa shape index (κ3) is 4.99. The van der Waals surface area contributed by atoms with Crippen LogP contribution >= 0.6 is 0 Å². The van der Waals surface area contributed by atoms with E-state index >= 15 is 0 Å². The van der Waals surface area contributed by atoms with Gasteiger partial charge in [0.05, 0.1) is 6.20 Å². The second-order valence-electron chi connectivity index (χ2n) is 7.65. The van der Waals surface area contributed by atoms with Crippen LogP contribution in [0.1, 0.15) is 47.8 Å². The number of primary amides is 1. The summed E-state index contributed by atoms with van der Waals surface area (Å²) >= 11 is 0.